The molecule has 0 bridgehead atoms. The SMILES string of the molecule is COc1ccc2[nH]cc(C3=CCN(Cc4ccc(C(=O)N(C)C)cc4)CC3)c2c1. The fourth-order valence-corrected chi connectivity index (χ4v) is 3.86. The molecule has 3 aromatic rings. The number of carbonyl (C=O) groups is 1. The average molecular weight is 389 g/mol. The summed E-state index contributed by atoms with van der Waals surface area (Å²) in [7, 11) is 5.25. The molecule has 29 heavy (non-hydrogen) atoms. The first-order valence-corrected chi connectivity index (χ1v) is 9.92. The number of carbonyl (C=O) groups excluding carboxylic acids is 1. The maximum absolute atomic E-state index is 12.0. The molecule has 1 aromatic heterocycles. The first-order chi connectivity index (χ1) is 14.0. The molecule has 0 radical (unpaired) electrons. The number of fused-ring (bicyclic) bond motifs is 1. The summed E-state index contributed by atoms with van der Waals surface area (Å²) in [6.07, 6.45) is 5.45. The highest BCUT2D eigenvalue weighted by Gasteiger charge is 2.16. The second-order valence-corrected chi connectivity index (χ2v) is 7.72. The summed E-state index contributed by atoms with van der Waals surface area (Å²) in [5.41, 5.74) is 5.75. The van der Waals surface area contributed by atoms with Gasteiger partial charge in [-0.2, -0.15) is 0 Å². The quantitative estimate of drug-likeness (QED) is 0.713. The Balaban J connectivity index is 1.44. The van der Waals surface area contributed by atoms with Gasteiger partial charge in [0, 0.05) is 62.0 Å². The lowest BCUT2D eigenvalue weighted by molar-refractivity contribution is 0.0827. The molecule has 0 atom stereocenters. The van der Waals surface area contributed by atoms with Crippen LogP contribution in [0.2, 0.25) is 0 Å². The fourth-order valence-electron chi connectivity index (χ4n) is 3.86. The molecule has 5 heteroatoms. The molecular weight excluding hydrogens is 362 g/mol. The van der Waals surface area contributed by atoms with E-state index in [1.165, 1.54) is 22.1 Å². The second kappa shape index (κ2) is 8.13. The summed E-state index contributed by atoms with van der Waals surface area (Å²) < 4.78 is 5.39. The van der Waals surface area contributed by atoms with Gasteiger partial charge in [-0.05, 0) is 47.9 Å². The van der Waals surface area contributed by atoms with Gasteiger partial charge in [0.2, 0.25) is 0 Å². The van der Waals surface area contributed by atoms with Crippen LogP contribution in [0.25, 0.3) is 16.5 Å². The van der Waals surface area contributed by atoms with Gasteiger partial charge in [0.25, 0.3) is 5.91 Å². The Morgan fingerprint density at radius 2 is 1.97 bits per heavy atom. The molecule has 2 heterocycles. The van der Waals surface area contributed by atoms with Gasteiger partial charge < -0.3 is 14.6 Å². The fraction of sp³-hybridized carbons (Fsp3) is 0.292. The van der Waals surface area contributed by atoms with E-state index in [1.54, 1.807) is 26.1 Å². The average Bonchev–Trinajstić information content (AvgIpc) is 3.17. The molecule has 0 saturated heterocycles. The van der Waals surface area contributed by atoms with E-state index in [1.807, 2.05) is 18.2 Å². The van der Waals surface area contributed by atoms with Gasteiger partial charge in [-0.3, -0.25) is 9.69 Å². The van der Waals surface area contributed by atoms with Crippen molar-refractivity contribution in [1.29, 1.82) is 0 Å². The third-order valence-corrected chi connectivity index (χ3v) is 5.54. The maximum Gasteiger partial charge on any atom is 0.253 e. The summed E-state index contributed by atoms with van der Waals surface area (Å²) in [5, 5.41) is 1.21. The van der Waals surface area contributed by atoms with E-state index in [2.05, 4.69) is 46.4 Å². The highest BCUT2D eigenvalue weighted by atomic mass is 16.5. The van der Waals surface area contributed by atoms with Crippen molar-refractivity contribution in [3.63, 3.8) is 0 Å². The molecule has 0 fully saturated rings. The van der Waals surface area contributed by atoms with Crippen molar-refractivity contribution in [2.45, 2.75) is 13.0 Å². The highest BCUT2D eigenvalue weighted by molar-refractivity contribution is 5.94. The lowest BCUT2D eigenvalue weighted by Crippen LogP contribution is -2.28. The number of methoxy groups -OCH3 is 1. The van der Waals surface area contributed by atoms with Crippen LogP contribution in [0.15, 0.2) is 54.7 Å². The van der Waals surface area contributed by atoms with Gasteiger partial charge >= 0.3 is 0 Å². The van der Waals surface area contributed by atoms with Gasteiger partial charge in [0.05, 0.1) is 7.11 Å². The second-order valence-electron chi connectivity index (χ2n) is 7.72. The van der Waals surface area contributed by atoms with Crippen molar-refractivity contribution in [3.05, 3.63) is 71.4 Å². The first-order valence-electron chi connectivity index (χ1n) is 9.92. The molecule has 0 unspecified atom stereocenters. The predicted molar refractivity (Wildman–Crippen MR) is 117 cm³/mol. The van der Waals surface area contributed by atoms with E-state index in [-0.39, 0.29) is 5.91 Å². The molecule has 150 valence electrons. The van der Waals surface area contributed by atoms with Crippen LogP contribution in [0.5, 0.6) is 5.75 Å². The number of nitrogens with zero attached hydrogens (tertiary/aromatic N) is 2. The highest BCUT2D eigenvalue weighted by Crippen LogP contribution is 2.31. The lowest BCUT2D eigenvalue weighted by Gasteiger charge is -2.26. The van der Waals surface area contributed by atoms with Crippen LogP contribution in [0.3, 0.4) is 0 Å². The van der Waals surface area contributed by atoms with Gasteiger partial charge in [-0.1, -0.05) is 18.2 Å². The van der Waals surface area contributed by atoms with Crippen LogP contribution in [-0.2, 0) is 6.54 Å². The van der Waals surface area contributed by atoms with Crippen molar-refractivity contribution < 1.29 is 9.53 Å². The summed E-state index contributed by atoms with van der Waals surface area (Å²) >= 11 is 0. The maximum atomic E-state index is 12.0. The molecule has 2 aromatic carbocycles. The minimum atomic E-state index is 0.0393. The van der Waals surface area contributed by atoms with Crippen molar-refractivity contribution >= 4 is 22.4 Å². The Hall–Kier alpha value is -3.05. The third kappa shape index (κ3) is 4.05. The number of benzene rings is 2. The molecule has 0 spiro atoms. The Bertz CT molecular complexity index is 1050. The summed E-state index contributed by atoms with van der Waals surface area (Å²) in [4.78, 5) is 19.4. The smallest absolute Gasteiger partial charge is 0.253 e. The van der Waals surface area contributed by atoms with Crippen LogP contribution in [0.1, 0.15) is 27.9 Å². The zero-order valence-electron chi connectivity index (χ0n) is 17.2. The number of aromatic amines is 1. The minimum Gasteiger partial charge on any atom is -0.497 e. The Labute approximate surface area is 171 Å². The van der Waals surface area contributed by atoms with Crippen molar-refractivity contribution in [2.24, 2.45) is 0 Å². The number of nitrogens with one attached hydrogen (secondary N) is 1. The topological polar surface area (TPSA) is 48.6 Å². The molecule has 1 aliphatic rings. The minimum absolute atomic E-state index is 0.0393. The standard InChI is InChI=1S/C24H27N3O2/c1-26(2)24(28)19-6-4-17(5-7-19)16-27-12-10-18(11-13-27)22-15-25-23-9-8-20(29-3)14-21(22)23/h4-10,14-15,25H,11-13,16H2,1-3H3. The number of hydrogen-bond donors (Lipinski definition) is 1. The van der Waals surface area contributed by atoms with Gasteiger partial charge in [-0.25, -0.2) is 0 Å². The summed E-state index contributed by atoms with van der Waals surface area (Å²) in [5.74, 6) is 0.921. The van der Waals surface area contributed by atoms with E-state index in [9.17, 15) is 4.79 Å². The number of H-pyrrole nitrogens is 1. The largest absolute Gasteiger partial charge is 0.497 e. The summed E-state index contributed by atoms with van der Waals surface area (Å²) in [6.45, 7) is 2.83. The van der Waals surface area contributed by atoms with Gasteiger partial charge in [0.1, 0.15) is 5.75 Å². The molecule has 1 aliphatic heterocycles. The number of aromatic nitrogens is 1. The first kappa shape index (κ1) is 19.3. The van der Waals surface area contributed by atoms with Crippen LogP contribution < -0.4 is 4.74 Å². The normalized spacial score (nSPS) is 14.7. The Morgan fingerprint density at radius 3 is 2.62 bits per heavy atom. The van der Waals surface area contributed by atoms with Crippen LogP contribution in [-0.4, -0.2) is 55.0 Å². The van der Waals surface area contributed by atoms with E-state index in [0.29, 0.717) is 0 Å². The van der Waals surface area contributed by atoms with Crippen molar-refractivity contribution in [2.75, 3.05) is 34.3 Å². The number of ether oxygens (including phenoxy) is 1. The van der Waals surface area contributed by atoms with Crippen LogP contribution in [0.4, 0.5) is 0 Å². The van der Waals surface area contributed by atoms with E-state index >= 15 is 0 Å². The monoisotopic (exact) mass is 389 g/mol. The van der Waals surface area contributed by atoms with Crippen molar-refractivity contribution in [3.8, 4) is 5.75 Å². The number of amides is 1. The molecule has 0 aliphatic carbocycles. The third-order valence-electron chi connectivity index (χ3n) is 5.54. The Morgan fingerprint density at radius 1 is 1.17 bits per heavy atom. The van der Waals surface area contributed by atoms with Gasteiger partial charge in [-0.15, -0.1) is 0 Å². The van der Waals surface area contributed by atoms with Crippen molar-refractivity contribution in [1.82, 2.24) is 14.8 Å². The van der Waals surface area contributed by atoms with E-state index in [4.69, 9.17) is 4.74 Å². The molecule has 1 amide bonds. The van der Waals surface area contributed by atoms with Gasteiger partial charge in [0.15, 0.2) is 0 Å². The van der Waals surface area contributed by atoms with Crippen LogP contribution >= 0.6 is 0 Å². The zero-order valence-corrected chi connectivity index (χ0v) is 17.2. The summed E-state index contributed by atoms with van der Waals surface area (Å²) in [6, 6.07) is 14.1. The van der Waals surface area contributed by atoms with E-state index < -0.39 is 0 Å². The van der Waals surface area contributed by atoms with Crippen LogP contribution in [0, 0.1) is 0 Å². The molecule has 0 saturated carbocycles. The molecule has 5 nitrogen and oxygen atoms in total. The van der Waals surface area contributed by atoms with E-state index in [0.717, 1.165) is 42.9 Å². The molecular formula is C24H27N3O2. The predicted octanol–water partition coefficient (Wildman–Crippen LogP) is 4.17. The number of hydrogen-bond acceptors (Lipinski definition) is 3. The lowest BCUT2D eigenvalue weighted by atomic mass is 9.98. The zero-order chi connectivity index (χ0) is 20.4. The number of rotatable bonds is 5. The molecule has 1 N–H and O–H groups in total. The Kier molecular flexibility index (Phi) is 5.41. The molecule has 4 rings (SSSR count).